The lowest BCUT2D eigenvalue weighted by Crippen LogP contribution is -2.12. The molecule has 0 spiro atoms. The summed E-state index contributed by atoms with van der Waals surface area (Å²) in [5.74, 6) is 1.53. The molecule has 1 heterocycles. The van der Waals surface area contributed by atoms with Crippen molar-refractivity contribution in [3.63, 3.8) is 0 Å². The molecule has 0 atom stereocenters. The Morgan fingerprint density at radius 3 is 2.82 bits per heavy atom. The van der Waals surface area contributed by atoms with Crippen molar-refractivity contribution in [3.8, 4) is 5.88 Å². The predicted molar refractivity (Wildman–Crippen MR) is 67.2 cm³/mol. The summed E-state index contributed by atoms with van der Waals surface area (Å²) in [5.41, 5.74) is 6.28. The highest BCUT2D eigenvalue weighted by atomic mass is 16.5. The molecule has 0 fully saturated rings. The quantitative estimate of drug-likeness (QED) is 0.544. The van der Waals surface area contributed by atoms with Crippen LogP contribution < -0.4 is 15.8 Å². The fourth-order valence-corrected chi connectivity index (χ4v) is 1.19. The number of aryl methyl sites for hydroxylation is 1. The van der Waals surface area contributed by atoms with Gasteiger partial charge in [0.05, 0.1) is 6.61 Å². The molecule has 0 saturated carbocycles. The molecule has 0 radical (unpaired) electrons. The van der Waals surface area contributed by atoms with Crippen LogP contribution in [0.4, 0.5) is 11.5 Å². The molecule has 0 bridgehead atoms. The van der Waals surface area contributed by atoms with E-state index in [4.69, 9.17) is 15.2 Å². The molecule has 0 unspecified atom stereocenters. The molecular formula is C11H18N4O2. The van der Waals surface area contributed by atoms with E-state index in [0.29, 0.717) is 43.0 Å². The molecule has 0 amide bonds. The van der Waals surface area contributed by atoms with Crippen molar-refractivity contribution in [2.24, 2.45) is 0 Å². The minimum absolute atomic E-state index is 0.376. The Morgan fingerprint density at radius 2 is 2.18 bits per heavy atom. The first-order valence-corrected chi connectivity index (χ1v) is 5.29. The van der Waals surface area contributed by atoms with Gasteiger partial charge in [0.1, 0.15) is 18.1 Å². The Morgan fingerprint density at radius 1 is 1.41 bits per heavy atom. The van der Waals surface area contributed by atoms with Crippen LogP contribution in [0, 0.1) is 6.92 Å². The van der Waals surface area contributed by atoms with E-state index in [1.54, 1.807) is 20.1 Å². The number of nitrogens with two attached hydrogens (primary N) is 1. The molecule has 0 aliphatic heterocycles. The van der Waals surface area contributed by atoms with E-state index in [1.807, 2.05) is 0 Å². The van der Waals surface area contributed by atoms with Gasteiger partial charge < -0.3 is 20.5 Å². The van der Waals surface area contributed by atoms with Gasteiger partial charge in [0, 0.05) is 13.7 Å². The van der Waals surface area contributed by atoms with Crippen molar-refractivity contribution >= 4 is 11.5 Å². The zero-order valence-corrected chi connectivity index (χ0v) is 10.2. The number of ether oxygens (including phenoxy) is 2. The van der Waals surface area contributed by atoms with Crippen LogP contribution in [0.1, 0.15) is 5.82 Å². The Balaban J connectivity index is 2.81. The average molecular weight is 238 g/mol. The molecule has 1 aromatic rings. The molecule has 6 nitrogen and oxygen atoms in total. The number of methoxy groups -OCH3 is 1. The maximum absolute atomic E-state index is 5.89. The van der Waals surface area contributed by atoms with E-state index in [-0.39, 0.29) is 0 Å². The van der Waals surface area contributed by atoms with E-state index in [9.17, 15) is 0 Å². The smallest absolute Gasteiger partial charge is 0.242 e. The average Bonchev–Trinajstić information content (AvgIpc) is 2.31. The molecule has 0 saturated heterocycles. The summed E-state index contributed by atoms with van der Waals surface area (Å²) in [4.78, 5) is 8.33. The van der Waals surface area contributed by atoms with Crippen molar-refractivity contribution in [1.29, 1.82) is 0 Å². The van der Waals surface area contributed by atoms with E-state index < -0.39 is 0 Å². The number of nitrogen functional groups attached to an aromatic ring is 1. The van der Waals surface area contributed by atoms with Gasteiger partial charge in [-0.15, -0.1) is 6.58 Å². The van der Waals surface area contributed by atoms with Gasteiger partial charge in [-0.3, -0.25) is 0 Å². The van der Waals surface area contributed by atoms with Gasteiger partial charge in [0.25, 0.3) is 0 Å². The Bertz CT molecular complexity index is 382. The summed E-state index contributed by atoms with van der Waals surface area (Å²) in [6, 6.07) is 0. The minimum atomic E-state index is 0.376. The normalized spacial score (nSPS) is 10.0. The van der Waals surface area contributed by atoms with E-state index in [0.717, 1.165) is 0 Å². The highest BCUT2D eigenvalue weighted by Gasteiger charge is 2.10. The first-order chi connectivity index (χ1) is 8.19. The monoisotopic (exact) mass is 238 g/mol. The van der Waals surface area contributed by atoms with Gasteiger partial charge >= 0.3 is 0 Å². The number of nitrogens with one attached hydrogen (secondary N) is 1. The van der Waals surface area contributed by atoms with Crippen LogP contribution in [0.2, 0.25) is 0 Å². The molecule has 17 heavy (non-hydrogen) atoms. The fraction of sp³-hybridized carbons (Fsp3) is 0.455. The van der Waals surface area contributed by atoms with Crippen molar-refractivity contribution in [3.05, 3.63) is 18.5 Å². The summed E-state index contributed by atoms with van der Waals surface area (Å²) in [6.45, 7) is 6.86. The van der Waals surface area contributed by atoms with Crippen LogP contribution in [0.15, 0.2) is 12.7 Å². The number of hydrogen-bond donors (Lipinski definition) is 2. The summed E-state index contributed by atoms with van der Waals surface area (Å²) < 4.78 is 10.3. The summed E-state index contributed by atoms with van der Waals surface area (Å²) in [5, 5.41) is 3.03. The molecule has 0 aliphatic rings. The maximum atomic E-state index is 5.89. The first kappa shape index (κ1) is 13.2. The lowest BCUT2D eigenvalue weighted by molar-refractivity contribution is 0.144. The largest absolute Gasteiger partial charge is 0.474 e. The topological polar surface area (TPSA) is 82.3 Å². The molecule has 1 aromatic heterocycles. The second-order valence-electron chi connectivity index (χ2n) is 3.35. The fourth-order valence-electron chi connectivity index (χ4n) is 1.19. The third-order valence-corrected chi connectivity index (χ3v) is 1.96. The number of anilines is 2. The summed E-state index contributed by atoms with van der Waals surface area (Å²) in [7, 11) is 1.61. The number of aromatic nitrogens is 2. The lowest BCUT2D eigenvalue weighted by atomic mass is 10.4. The number of rotatable bonds is 7. The van der Waals surface area contributed by atoms with Gasteiger partial charge in [-0.1, -0.05) is 6.08 Å². The molecule has 94 valence electrons. The second kappa shape index (κ2) is 6.70. The lowest BCUT2D eigenvalue weighted by Gasteiger charge is -2.12. The predicted octanol–water partition coefficient (Wildman–Crippen LogP) is 0.990. The van der Waals surface area contributed by atoms with Crippen LogP contribution in [0.25, 0.3) is 0 Å². The highest BCUT2D eigenvalue weighted by molar-refractivity contribution is 5.67. The van der Waals surface area contributed by atoms with Crippen LogP contribution in [-0.2, 0) is 4.74 Å². The Labute approximate surface area is 101 Å². The summed E-state index contributed by atoms with van der Waals surface area (Å²) in [6.07, 6.45) is 1.72. The van der Waals surface area contributed by atoms with Gasteiger partial charge in [0.2, 0.25) is 5.88 Å². The van der Waals surface area contributed by atoms with Crippen LogP contribution in [-0.4, -0.2) is 36.8 Å². The van der Waals surface area contributed by atoms with Gasteiger partial charge in [-0.05, 0) is 6.92 Å². The van der Waals surface area contributed by atoms with E-state index >= 15 is 0 Å². The van der Waals surface area contributed by atoms with Crippen molar-refractivity contribution in [1.82, 2.24) is 9.97 Å². The van der Waals surface area contributed by atoms with Crippen LogP contribution in [0.5, 0.6) is 5.88 Å². The van der Waals surface area contributed by atoms with Crippen molar-refractivity contribution in [2.45, 2.75) is 6.92 Å². The molecule has 0 aliphatic carbocycles. The summed E-state index contributed by atoms with van der Waals surface area (Å²) >= 11 is 0. The van der Waals surface area contributed by atoms with Crippen molar-refractivity contribution in [2.75, 3.05) is 37.9 Å². The third kappa shape index (κ3) is 3.92. The van der Waals surface area contributed by atoms with Crippen LogP contribution >= 0.6 is 0 Å². The first-order valence-electron chi connectivity index (χ1n) is 5.29. The van der Waals surface area contributed by atoms with Crippen LogP contribution in [0.3, 0.4) is 0 Å². The zero-order chi connectivity index (χ0) is 12.7. The van der Waals surface area contributed by atoms with Gasteiger partial charge in [0.15, 0.2) is 5.82 Å². The van der Waals surface area contributed by atoms with Gasteiger partial charge in [-0.2, -0.15) is 4.98 Å². The molecule has 6 heteroatoms. The SMILES string of the molecule is C=CCNc1nc(C)nc(OCCOC)c1N. The number of hydrogen-bond acceptors (Lipinski definition) is 6. The third-order valence-electron chi connectivity index (χ3n) is 1.96. The van der Waals surface area contributed by atoms with E-state index in [2.05, 4.69) is 21.9 Å². The second-order valence-corrected chi connectivity index (χ2v) is 3.35. The maximum Gasteiger partial charge on any atom is 0.242 e. The number of nitrogens with zero attached hydrogens (tertiary/aromatic N) is 2. The standard InChI is InChI=1S/C11H18N4O2/c1-4-5-13-10-9(12)11(15-8(2)14-10)17-7-6-16-3/h4H,1,5-7,12H2,2-3H3,(H,13,14,15). The molecule has 3 N–H and O–H groups in total. The minimum Gasteiger partial charge on any atom is -0.474 e. The van der Waals surface area contributed by atoms with Crippen molar-refractivity contribution < 1.29 is 9.47 Å². The van der Waals surface area contributed by atoms with Gasteiger partial charge in [-0.25, -0.2) is 4.98 Å². The molecule has 0 aromatic carbocycles. The highest BCUT2D eigenvalue weighted by Crippen LogP contribution is 2.25. The van der Waals surface area contributed by atoms with E-state index in [1.165, 1.54) is 0 Å². The Kier molecular flexibility index (Phi) is 5.22. The molecule has 1 rings (SSSR count). The Hall–Kier alpha value is -1.82. The molecular weight excluding hydrogens is 220 g/mol. The zero-order valence-electron chi connectivity index (χ0n) is 10.2.